The SMILES string of the molecule is C#CC1OS(=O)(=O)CC1C(F)F. The zero-order valence-electron chi connectivity index (χ0n) is 5.91. The summed E-state index contributed by atoms with van der Waals surface area (Å²) in [5.41, 5.74) is 0. The summed E-state index contributed by atoms with van der Waals surface area (Å²) in [5, 5.41) is 0. The van der Waals surface area contributed by atoms with Crippen molar-refractivity contribution in [3.63, 3.8) is 0 Å². The molecule has 0 aromatic carbocycles. The second-order valence-electron chi connectivity index (χ2n) is 2.41. The molecule has 2 atom stereocenters. The molecule has 2 unspecified atom stereocenters. The number of terminal acetylenes is 1. The van der Waals surface area contributed by atoms with Gasteiger partial charge in [0.2, 0.25) is 6.43 Å². The fourth-order valence-corrected chi connectivity index (χ4v) is 2.33. The summed E-state index contributed by atoms with van der Waals surface area (Å²) in [5.74, 6) is -0.214. The van der Waals surface area contributed by atoms with E-state index in [0.717, 1.165) is 0 Å². The maximum Gasteiger partial charge on any atom is 0.269 e. The van der Waals surface area contributed by atoms with Gasteiger partial charge in [-0.3, -0.25) is 4.18 Å². The van der Waals surface area contributed by atoms with E-state index in [2.05, 4.69) is 4.18 Å². The van der Waals surface area contributed by atoms with Crippen molar-refractivity contribution in [3.8, 4) is 12.3 Å². The van der Waals surface area contributed by atoms with E-state index < -0.39 is 34.3 Å². The summed E-state index contributed by atoms with van der Waals surface area (Å²) in [6, 6.07) is 0. The van der Waals surface area contributed by atoms with Gasteiger partial charge in [0.05, 0.1) is 11.7 Å². The number of halogens is 2. The molecule has 0 aromatic rings. The standard InChI is InChI=1S/C6H6F2O3S/c1-2-5-4(6(7)8)3-12(9,10)11-5/h1,4-6H,3H2. The van der Waals surface area contributed by atoms with Crippen LogP contribution in [-0.2, 0) is 14.3 Å². The van der Waals surface area contributed by atoms with Crippen LogP contribution in [0.1, 0.15) is 0 Å². The molecule has 1 fully saturated rings. The molecule has 0 radical (unpaired) electrons. The highest BCUT2D eigenvalue weighted by Gasteiger charge is 2.43. The van der Waals surface area contributed by atoms with Gasteiger partial charge in [0, 0.05) is 0 Å². The first-order valence-electron chi connectivity index (χ1n) is 3.11. The van der Waals surface area contributed by atoms with Crippen LogP contribution in [0.3, 0.4) is 0 Å². The van der Waals surface area contributed by atoms with Crippen LogP contribution in [0.4, 0.5) is 8.78 Å². The van der Waals surface area contributed by atoms with Crippen LogP contribution in [0.2, 0.25) is 0 Å². The Balaban J connectivity index is 2.86. The molecule has 12 heavy (non-hydrogen) atoms. The van der Waals surface area contributed by atoms with Gasteiger partial charge < -0.3 is 0 Å². The number of rotatable bonds is 1. The molecule has 1 rings (SSSR count). The maximum absolute atomic E-state index is 12.1. The molecule has 0 bridgehead atoms. The Morgan fingerprint density at radius 3 is 2.50 bits per heavy atom. The first-order chi connectivity index (χ1) is 5.46. The molecule has 0 amide bonds. The monoisotopic (exact) mass is 196 g/mol. The Hall–Kier alpha value is -0.670. The molecular formula is C6H6F2O3S. The zero-order valence-corrected chi connectivity index (χ0v) is 6.72. The molecule has 0 saturated carbocycles. The Labute approximate surface area is 68.8 Å². The van der Waals surface area contributed by atoms with E-state index in [9.17, 15) is 17.2 Å². The van der Waals surface area contributed by atoms with E-state index in [1.165, 1.54) is 0 Å². The van der Waals surface area contributed by atoms with Crippen molar-refractivity contribution in [2.75, 3.05) is 5.75 Å². The van der Waals surface area contributed by atoms with Crippen LogP contribution < -0.4 is 0 Å². The lowest BCUT2D eigenvalue weighted by atomic mass is 10.1. The van der Waals surface area contributed by atoms with Gasteiger partial charge in [-0.2, -0.15) is 8.42 Å². The lowest BCUT2D eigenvalue weighted by Gasteiger charge is -2.07. The zero-order chi connectivity index (χ0) is 9.35. The highest BCUT2D eigenvalue weighted by Crippen LogP contribution is 2.27. The molecule has 1 aliphatic rings. The van der Waals surface area contributed by atoms with Gasteiger partial charge in [-0.15, -0.1) is 6.42 Å². The van der Waals surface area contributed by atoms with E-state index in [1.54, 1.807) is 0 Å². The van der Waals surface area contributed by atoms with Gasteiger partial charge in [-0.1, -0.05) is 5.92 Å². The molecule has 0 aliphatic carbocycles. The normalized spacial score (nSPS) is 33.5. The van der Waals surface area contributed by atoms with Crippen LogP contribution in [0.25, 0.3) is 0 Å². The molecular weight excluding hydrogens is 190 g/mol. The van der Waals surface area contributed by atoms with Gasteiger partial charge in [0.25, 0.3) is 10.1 Å². The Morgan fingerprint density at radius 1 is 1.58 bits per heavy atom. The van der Waals surface area contributed by atoms with E-state index in [0.29, 0.717) is 0 Å². The van der Waals surface area contributed by atoms with Gasteiger partial charge in [-0.25, -0.2) is 8.78 Å². The molecule has 6 heteroatoms. The average Bonchev–Trinajstić information content (AvgIpc) is 2.25. The third-order valence-corrected chi connectivity index (χ3v) is 2.82. The van der Waals surface area contributed by atoms with Crippen LogP contribution in [0.5, 0.6) is 0 Å². The van der Waals surface area contributed by atoms with E-state index in [4.69, 9.17) is 6.42 Å². The Morgan fingerprint density at radius 2 is 2.17 bits per heavy atom. The topological polar surface area (TPSA) is 43.4 Å². The van der Waals surface area contributed by atoms with Gasteiger partial charge >= 0.3 is 0 Å². The fourth-order valence-electron chi connectivity index (χ4n) is 0.948. The van der Waals surface area contributed by atoms with E-state index in [1.807, 2.05) is 5.92 Å². The minimum absolute atomic E-state index is 0.695. The second-order valence-corrected chi connectivity index (χ2v) is 4.05. The highest BCUT2D eigenvalue weighted by molar-refractivity contribution is 7.87. The largest absolute Gasteiger partial charge is 0.269 e. The van der Waals surface area contributed by atoms with Crippen LogP contribution in [0.15, 0.2) is 0 Å². The third-order valence-electron chi connectivity index (χ3n) is 1.52. The maximum atomic E-state index is 12.1. The third kappa shape index (κ3) is 1.73. The first-order valence-corrected chi connectivity index (χ1v) is 4.69. The number of hydrogen-bond donors (Lipinski definition) is 0. The van der Waals surface area contributed by atoms with Crippen LogP contribution in [-0.4, -0.2) is 26.7 Å². The van der Waals surface area contributed by atoms with Crippen molar-refractivity contribution in [2.24, 2.45) is 5.92 Å². The van der Waals surface area contributed by atoms with Crippen molar-refractivity contribution < 1.29 is 21.4 Å². The number of alkyl halides is 2. The lowest BCUT2D eigenvalue weighted by Crippen LogP contribution is -2.22. The smallest absolute Gasteiger partial charge is 0.253 e. The highest BCUT2D eigenvalue weighted by atomic mass is 32.2. The molecule has 0 N–H and O–H groups in total. The van der Waals surface area contributed by atoms with E-state index in [-0.39, 0.29) is 0 Å². The van der Waals surface area contributed by atoms with Gasteiger partial charge in [0.1, 0.15) is 6.10 Å². The summed E-state index contributed by atoms with van der Waals surface area (Å²) in [6.45, 7) is 0. The van der Waals surface area contributed by atoms with Crippen molar-refractivity contribution in [1.29, 1.82) is 0 Å². The van der Waals surface area contributed by atoms with E-state index >= 15 is 0 Å². The summed E-state index contributed by atoms with van der Waals surface area (Å²) in [6.07, 6.45) is 0.739. The molecule has 3 nitrogen and oxygen atoms in total. The summed E-state index contributed by atoms with van der Waals surface area (Å²) < 4.78 is 49.7. The number of hydrogen-bond acceptors (Lipinski definition) is 3. The Kier molecular flexibility index (Phi) is 2.35. The van der Waals surface area contributed by atoms with Crippen molar-refractivity contribution in [3.05, 3.63) is 0 Å². The predicted octanol–water partition coefficient (Wildman–Crippen LogP) is 0.230. The van der Waals surface area contributed by atoms with Crippen LogP contribution >= 0.6 is 0 Å². The lowest BCUT2D eigenvalue weighted by molar-refractivity contribution is 0.0566. The average molecular weight is 196 g/mol. The molecule has 1 heterocycles. The Bertz CT molecular complexity index is 303. The van der Waals surface area contributed by atoms with Crippen molar-refractivity contribution in [1.82, 2.24) is 0 Å². The summed E-state index contributed by atoms with van der Waals surface area (Å²) >= 11 is 0. The second kappa shape index (κ2) is 2.99. The quantitative estimate of drug-likeness (QED) is 0.445. The van der Waals surface area contributed by atoms with Crippen molar-refractivity contribution >= 4 is 10.1 Å². The fraction of sp³-hybridized carbons (Fsp3) is 0.667. The van der Waals surface area contributed by atoms with Crippen molar-refractivity contribution in [2.45, 2.75) is 12.5 Å². The molecule has 0 spiro atoms. The molecule has 1 saturated heterocycles. The van der Waals surface area contributed by atoms with Crippen LogP contribution in [0, 0.1) is 18.3 Å². The molecule has 1 aliphatic heterocycles. The van der Waals surface area contributed by atoms with Gasteiger partial charge in [0.15, 0.2) is 0 Å². The first kappa shape index (κ1) is 9.42. The molecule has 68 valence electrons. The minimum atomic E-state index is -3.82. The van der Waals surface area contributed by atoms with Gasteiger partial charge in [-0.05, 0) is 0 Å². The predicted molar refractivity (Wildman–Crippen MR) is 37.0 cm³/mol. The molecule has 0 aromatic heterocycles. The summed E-state index contributed by atoms with van der Waals surface area (Å²) in [4.78, 5) is 0. The minimum Gasteiger partial charge on any atom is -0.253 e. The summed E-state index contributed by atoms with van der Waals surface area (Å²) in [7, 11) is -3.82.